The second kappa shape index (κ2) is 11.8. The molecule has 0 aromatic heterocycles. The van der Waals surface area contributed by atoms with E-state index in [0.717, 1.165) is 32.7 Å². The smallest absolute Gasteiger partial charge is 0.357 e. The Kier molecular flexibility index (Phi) is 11.4. The molecule has 0 heterocycles. The molecular formula is C16H30F3IN4O. The minimum Gasteiger partial charge on any atom is -0.357 e. The number of nitrogens with zero attached hydrogens (tertiary/aromatic N) is 2. The summed E-state index contributed by atoms with van der Waals surface area (Å²) >= 11 is 0. The number of guanidine groups is 1. The Balaban J connectivity index is 0.00000576. The number of amides is 1. The van der Waals surface area contributed by atoms with E-state index in [2.05, 4.69) is 22.5 Å². The van der Waals surface area contributed by atoms with E-state index in [1.54, 1.807) is 0 Å². The van der Waals surface area contributed by atoms with Crippen molar-refractivity contribution >= 4 is 35.8 Å². The van der Waals surface area contributed by atoms with Crippen molar-refractivity contribution in [3.63, 3.8) is 0 Å². The van der Waals surface area contributed by atoms with Crippen LogP contribution in [-0.4, -0.2) is 55.7 Å². The van der Waals surface area contributed by atoms with Gasteiger partial charge in [0.1, 0.15) is 13.1 Å². The number of alkyl halides is 3. The zero-order valence-corrected chi connectivity index (χ0v) is 17.5. The van der Waals surface area contributed by atoms with E-state index in [4.69, 9.17) is 0 Å². The first-order chi connectivity index (χ1) is 11.2. The number of aliphatic imine (C=N–C) groups is 1. The van der Waals surface area contributed by atoms with Crippen LogP contribution in [0, 0.1) is 5.92 Å². The Hall–Kier alpha value is -0.740. The number of nitrogens with one attached hydrogen (secondary N) is 2. The Labute approximate surface area is 165 Å². The first-order valence-electron chi connectivity index (χ1n) is 8.60. The van der Waals surface area contributed by atoms with Crippen molar-refractivity contribution in [1.82, 2.24) is 15.5 Å². The molecule has 1 saturated carbocycles. The number of halogens is 4. The van der Waals surface area contributed by atoms with E-state index in [0.29, 0.717) is 29.4 Å². The maximum atomic E-state index is 12.3. The highest BCUT2D eigenvalue weighted by atomic mass is 127. The van der Waals surface area contributed by atoms with Crippen LogP contribution in [0.5, 0.6) is 0 Å². The Bertz CT molecular complexity index is 432. The summed E-state index contributed by atoms with van der Waals surface area (Å²) in [6, 6.07) is 0.296. The van der Waals surface area contributed by atoms with Gasteiger partial charge in [0.2, 0.25) is 5.91 Å². The van der Waals surface area contributed by atoms with Crippen LogP contribution >= 0.6 is 24.0 Å². The molecule has 0 aromatic carbocycles. The molecule has 1 aliphatic rings. The van der Waals surface area contributed by atoms with E-state index in [9.17, 15) is 18.0 Å². The normalized spacial score (nSPS) is 21.3. The first kappa shape index (κ1) is 24.3. The van der Waals surface area contributed by atoms with Gasteiger partial charge in [-0.05, 0) is 25.7 Å². The summed E-state index contributed by atoms with van der Waals surface area (Å²) in [6.07, 6.45) is 1.25. The van der Waals surface area contributed by atoms with Gasteiger partial charge in [0.25, 0.3) is 0 Å². The first-order valence-corrected chi connectivity index (χ1v) is 8.60. The van der Waals surface area contributed by atoms with Crippen molar-refractivity contribution < 1.29 is 18.0 Å². The third-order valence-corrected chi connectivity index (χ3v) is 4.26. The minimum atomic E-state index is -4.39. The van der Waals surface area contributed by atoms with Gasteiger partial charge in [-0.2, -0.15) is 13.2 Å². The monoisotopic (exact) mass is 478 g/mol. The van der Waals surface area contributed by atoms with Gasteiger partial charge in [-0.15, -0.1) is 24.0 Å². The Morgan fingerprint density at radius 1 is 1.28 bits per heavy atom. The third kappa shape index (κ3) is 10.1. The van der Waals surface area contributed by atoms with Crippen LogP contribution in [0.15, 0.2) is 4.99 Å². The second-order valence-electron chi connectivity index (χ2n) is 6.34. The number of carbonyl (C=O) groups is 1. The lowest BCUT2D eigenvalue weighted by Gasteiger charge is -2.30. The van der Waals surface area contributed by atoms with Gasteiger partial charge in [0, 0.05) is 19.6 Å². The van der Waals surface area contributed by atoms with Crippen molar-refractivity contribution in [3.8, 4) is 0 Å². The molecule has 1 aliphatic carbocycles. The number of carbonyl (C=O) groups excluding carboxylic acids is 1. The SMILES string of the molecule is CCNC(=NCC(=O)N(C)CC(F)(F)F)NC1CCCC(CC)C1.I. The summed E-state index contributed by atoms with van der Waals surface area (Å²) in [6.45, 7) is 3.16. The van der Waals surface area contributed by atoms with Crippen molar-refractivity contribution in [2.75, 3.05) is 26.7 Å². The van der Waals surface area contributed by atoms with Crippen LogP contribution < -0.4 is 10.6 Å². The summed E-state index contributed by atoms with van der Waals surface area (Å²) in [7, 11) is 1.14. The van der Waals surface area contributed by atoms with E-state index in [-0.39, 0.29) is 30.5 Å². The van der Waals surface area contributed by atoms with Gasteiger partial charge in [-0.25, -0.2) is 4.99 Å². The van der Waals surface area contributed by atoms with Gasteiger partial charge in [-0.3, -0.25) is 4.79 Å². The molecule has 1 fully saturated rings. The lowest BCUT2D eigenvalue weighted by atomic mass is 9.84. The molecular weight excluding hydrogens is 448 g/mol. The average Bonchev–Trinajstić information content (AvgIpc) is 2.51. The molecule has 0 saturated heterocycles. The Morgan fingerprint density at radius 3 is 2.52 bits per heavy atom. The molecule has 9 heteroatoms. The Morgan fingerprint density at radius 2 is 1.96 bits per heavy atom. The third-order valence-electron chi connectivity index (χ3n) is 4.26. The maximum Gasteiger partial charge on any atom is 0.406 e. The highest BCUT2D eigenvalue weighted by Gasteiger charge is 2.31. The van der Waals surface area contributed by atoms with E-state index >= 15 is 0 Å². The fourth-order valence-electron chi connectivity index (χ4n) is 2.93. The quantitative estimate of drug-likeness (QED) is 0.351. The number of hydrogen-bond acceptors (Lipinski definition) is 2. The fraction of sp³-hybridized carbons (Fsp3) is 0.875. The lowest BCUT2D eigenvalue weighted by Crippen LogP contribution is -2.46. The number of likely N-dealkylation sites (N-methyl/N-ethyl adjacent to an activating group) is 1. The summed E-state index contributed by atoms with van der Waals surface area (Å²) in [5.41, 5.74) is 0. The summed E-state index contributed by atoms with van der Waals surface area (Å²) in [5, 5.41) is 6.36. The molecule has 2 unspecified atom stereocenters. The van der Waals surface area contributed by atoms with Crippen molar-refractivity contribution in [1.29, 1.82) is 0 Å². The fourth-order valence-corrected chi connectivity index (χ4v) is 2.93. The molecule has 0 bridgehead atoms. The zero-order valence-electron chi connectivity index (χ0n) is 15.2. The molecule has 148 valence electrons. The minimum absolute atomic E-state index is 0. The van der Waals surface area contributed by atoms with Crippen molar-refractivity contribution in [2.24, 2.45) is 10.9 Å². The van der Waals surface area contributed by atoms with Crippen LogP contribution in [0.2, 0.25) is 0 Å². The van der Waals surface area contributed by atoms with Gasteiger partial charge in [0.05, 0.1) is 0 Å². The molecule has 0 aromatic rings. The van der Waals surface area contributed by atoms with Crippen LogP contribution in [0.1, 0.15) is 46.0 Å². The van der Waals surface area contributed by atoms with Crippen molar-refractivity contribution in [3.05, 3.63) is 0 Å². The molecule has 0 radical (unpaired) electrons. The summed E-state index contributed by atoms with van der Waals surface area (Å²) < 4.78 is 36.9. The topological polar surface area (TPSA) is 56.7 Å². The second-order valence-corrected chi connectivity index (χ2v) is 6.34. The molecule has 1 amide bonds. The highest BCUT2D eigenvalue weighted by molar-refractivity contribution is 14.0. The zero-order chi connectivity index (χ0) is 18.2. The van der Waals surface area contributed by atoms with Crippen molar-refractivity contribution in [2.45, 2.75) is 58.2 Å². The largest absolute Gasteiger partial charge is 0.406 e. The molecule has 0 aliphatic heterocycles. The van der Waals surface area contributed by atoms with Gasteiger partial charge >= 0.3 is 6.18 Å². The summed E-state index contributed by atoms with van der Waals surface area (Å²) in [5.74, 6) is 0.534. The lowest BCUT2D eigenvalue weighted by molar-refractivity contribution is -0.157. The molecule has 1 rings (SSSR count). The van der Waals surface area contributed by atoms with E-state index in [1.807, 2.05) is 6.92 Å². The molecule has 2 atom stereocenters. The molecule has 2 N–H and O–H groups in total. The van der Waals surface area contributed by atoms with Crippen LogP contribution in [0.3, 0.4) is 0 Å². The molecule has 0 spiro atoms. The van der Waals surface area contributed by atoms with Gasteiger partial charge in [0.15, 0.2) is 5.96 Å². The predicted octanol–water partition coefficient (Wildman–Crippen LogP) is 3.15. The summed E-state index contributed by atoms with van der Waals surface area (Å²) in [4.78, 5) is 16.6. The number of hydrogen-bond donors (Lipinski definition) is 2. The van der Waals surface area contributed by atoms with Crippen LogP contribution in [0.25, 0.3) is 0 Å². The average molecular weight is 478 g/mol. The van der Waals surface area contributed by atoms with Crippen LogP contribution in [-0.2, 0) is 4.79 Å². The molecule has 25 heavy (non-hydrogen) atoms. The number of rotatable bonds is 6. The highest BCUT2D eigenvalue weighted by Crippen LogP contribution is 2.26. The molecule has 5 nitrogen and oxygen atoms in total. The standard InChI is InChI=1S/C16H29F3N4O.HI/c1-4-12-7-6-8-13(9-12)22-15(20-5-2)21-10-14(24)23(3)11-16(17,18)19;/h12-13H,4-11H2,1-3H3,(H2,20,21,22);1H. The predicted molar refractivity (Wildman–Crippen MR) is 104 cm³/mol. The van der Waals surface area contributed by atoms with E-state index in [1.165, 1.54) is 6.42 Å². The van der Waals surface area contributed by atoms with Crippen LogP contribution in [0.4, 0.5) is 13.2 Å². The maximum absolute atomic E-state index is 12.3. The van der Waals surface area contributed by atoms with Gasteiger partial charge in [-0.1, -0.05) is 26.2 Å². The van der Waals surface area contributed by atoms with Gasteiger partial charge < -0.3 is 15.5 Å². The van der Waals surface area contributed by atoms with E-state index < -0.39 is 18.6 Å².